The first-order valence-electron chi connectivity index (χ1n) is 14.7. The van der Waals surface area contributed by atoms with Crippen molar-refractivity contribution in [1.82, 2.24) is 4.90 Å². The van der Waals surface area contributed by atoms with Crippen molar-refractivity contribution in [3.8, 4) is 34.8 Å². The third-order valence-electron chi connectivity index (χ3n) is 7.92. The van der Waals surface area contributed by atoms with Gasteiger partial charge in [-0.15, -0.1) is 0 Å². The highest BCUT2D eigenvalue weighted by Crippen LogP contribution is 2.44. The van der Waals surface area contributed by atoms with Gasteiger partial charge in [-0.3, -0.25) is 9.69 Å². The van der Waals surface area contributed by atoms with Gasteiger partial charge in [0.2, 0.25) is 0 Å². The highest BCUT2D eigenvalue weighted by molar-refractivity contribution is 5.97. The molecule has 0 saturated carbocycles. The molecule has 1 atom stereocenters. The molecule has 0 N–H and O–H groups in total. The summed E-state index contributed by atoms with van der Waals surface area (Å²) in [6, 6.07) is 38.3. The van der Waals surface area contributed by atoms with Crippen molar-refractivity contribution in [1.29, 1.82) is 5.26 Å². The molecular weight excluding hydrogens is 560 g/mol. The second-order valence-corrected chi connectivity index (χ2v) is 11.0. The van der Waals surface area contributed by atoms with Gasteiger partial charge in [0.05, 0.1) is 13.2 Å². The molecular formula is C39H32N2O4. The predicted octanol–water partition coefficient (Wildman–Crippen LogP) is 8.98. The van der Waals surface area contributed by atoms with Crippen LogP contribution in [-0.2, 0) is 12.0 Å². The Labute approximate surface area is 263 Å². The van der Waals surface area contributed by atoms with Crippen LogP contribution in [0.25, 0.3) is 6.08 Å². The summed E-state index contributed by atoms with van der Waals surface area (Å²) in [4.78, 5) is 15.6. The molecule has 0 bridgehead atoms. The summed E-state index contributed by atoms with van der Waals surface area (Å²) >= 11 is 0. The number of benzene rings is 5. The van der Waals surface area contributed by atoms with Crippen LogP contribution in [-0.4, -0.2) is 17.9 Å². The number of rotatable bonds is 8. The SMILES string of the molecule is COc1cc(CC2(C#N)c3cccc(Oc4ccc(C)cc4)c3C=CN2C(=O)c2ccccc2)ccc1Oc1ccc(C)cc1. The number of hydrogen-bond acceptors (Lipinski definition) is 5. The Kier molecular flexibility index (Phi) is 8.09. The molecule has 5 aromatic rings. The number of aryl methyl sites for hydroxylation is 2. The third-order valence-corrected chi connectivity index (χ3v) is 7.92. The molecule has 6 heteroatoms. The van der Waals surface area contributed by atoms with Gasteiger partial charge in [0.25, 0.3) is 5.91 Å². The van der Waals surface area contributed by atoms with E-state index < -0.39 is 5.54 Å². The smallest absolute Gasteiger partial charge is 0.259 e. The zero-order valence-corrected chi connectivity index (χ0v) is 25.4. The van der Waals surface area contributed by atoms with Gasteiger partial charge >= 0.3 is 0 Å². The predicted molar refractivity (Wildman–Crippen MR) is 175 cm³/mol. The van der Waals surface area contributed by atoms with Crippen LogP contribution in [0.5, 0.6) is 28.7 Å². The van der Waals surface area contributed by atoms with Crippen molar-refractivity contribution in [3.63, 3.8) is 0 Å². The van der Waals surface area contributed by atoms with Gasteiger partial charge in [-0.05, 0) is 80.1 Å². The molecule has 0 aromatic heterocycles. The fourth-order valence-corrected chi connectivity index (χ4v) is 5.53. The molecule has 1 aliphatic rings. The minimum atomic E-state index is -1.39. The Bertz CT molecular complexity index is 1910. The molecule has 0 saturated heterocycles. The Hall–Kier alpha value is -5.80. The first-order chi connectivity index (χ1) is 21.9. The minimum Gasteiger partial charge on any atom is -0.493 e. The van der Waals surface area contributed by atoms with Crippen molar-refractivity contribution in [2.24, 2.45) is 0 Å². The summed E-state index contributed by atoms with van der Waals surface area (Å²) in [5.74, 6) is 2.75. The van der Waals surface area contributed by atoms with Crippen LogP contribution in [0.15, 0.2) is 121 Å². The van der Waals surface area contributed by atoms with Crippen molar-refractivity contribution >= 4 is 12.0 Å². The molecule has 45 heavy (non-hydrogen) atoms. The molecule has 5 aromatic carbocycles. The molecule has 0 aliphatic carbocycles. The lowest BCUT2D eigenvalue weighted by Gasteiger charge is -2.41. The molecule has 1 amide bonds. The minimum absolute atomic E-state index is 0.189. The zero-order chi connectivity index (χ0) is 31.4. The standard InChI is InChI=1S/C39H32N2O4/c1-27-12-17-31(18-13-27)44-35-11-7-10-34-33(35)22-23-41(38(42)30-8-5-4-6-9-30)39(34,26-40)25-29-16-21-36(37(24-29)43-3)45-32-19-14-28(2)15-20-32/h4-24H,25H2,1-3H3. The molecule has 6 nitrogen and oxygen atoms in total. The second kappa shape index (κ2) is 12.4. The van der Waals surface area contributed by atoms with Crippen molar-refractivity contribution < 1.29 is 19.0 Å². The summed E-state index contributed by atoms with van der Waals surface area (Å²) < 4.78 is 18.2. The molecule has 0 radical (unpaired) electrons. The largest absolute Gasteiger partial charge is 0.493 e. The van der Waals surface area contributed by atoms with E-state index in [2.05, 4.69) is 6.07 Å². The molecule has 1 aliphatic heterocycles. The number of methoxy groups -OCH3 is 1. The van der Waals surface area contributed by atoms with Crippen molar-refractivity contribution in [2.45, 2.75) is 25.8 Å². The zero-order valence-electron chi connectivity index (χ0n) is 25.4. The Morgan fingerprint density at radius 2 is 1.40 bits per heavy atom. The third kappa shape index (κ3) is 5.89. The lowest BCUT2D eigenvalue weighted by molar-refractivity contribution is 0.0696. The van der Waals surface area contributed by atoms with Crippen LogP contribution in [0.1, 0.15) is 38.2 Å². The highest BCUT2D eigenvalue weighted by atomic mass is 16.5. The van der Waals surface area contributed by atoms with E-state index in [1.165, 1.54) is 4.90 Å². The number of carbonyl (C=O) groups excluding carboxylic acids is 1. The van der Waals surface area contributed by atoms with E-state index in [0.29, 0.717) is 39.9 Å². The number of fused-ring (bicyclic) bond motifs is 1. The highest BCUT2D eigenvalue weighted by Gasteiger charge is 2.45. The molecule has 1 unspecified atom stereocenters. The van der Waals surface area contributed by atoms with Crippen LogP contribution in [0.2, 0.25) is 0 Å². The fourth-order valence-electron chi connectivity index (χ4n) is 5.53. The Morgan fingerprint density at radius 1 is 0.756 bits per heavy atom. The van der Waals surface area contributed by atoms with E-state index in [9.17, 15) is 10.1 Å². The number of nitrogens with zero attached hydrogens (tertiary/aromatic N) is 2. The Morgan fingerprint density at radius 3 is 2.02 bits per heavy atom. The van der Waals surface area contributed by atoms with E-state index in [-0.39, 0.29) is 12.3 Å². The maximum atomic E-state index is 14.0. The maximum absolute atomic E-state index is 14.0. The lowest BCUT2D eigenvalue weighted by atomic mass is 9.78. The second-order valence-electron chi connectivity index (χ2n) is 11.0. The first-order valence-corrected chi connectivity index (χ1v) is 14.7. The monoisotopic (exact) mass is 592 g/mol. The van der Waals surface area contributed by atoms with Gasteiger partial charge in [0, 0.05) is 29.3 Å². The van der Waals surface area contributed by atoms with E-state index in [0.717, 1.165) is 22.3 Å². The van der Waals surface area contributed by atoms with Crippen LogP contribution >= 0.6 is 0 Å². The van der Waals surface area contributed by atoms with Gasteiger partial charge in [0.1, 0.15) is 17.2 Å². The molecule has 0 fully saturated rings. The lowest BCUT2D eigenvalue weighted by Crippen LogP contribution is -2.49. The van der Waals surface area contributed by atoms with Crippen LogP contribution in [0.3, 0.4) is 0 Å². The van der Waals surface area contributed by atoms with Crippen molar-refractivity contribution in [2.75, 3.05) is 7.11 Å². The van der Waals surface area contributed by atoms with E-state index in [1.807, 2.05) is 123 Å². The summed E-state index contributed by atoms with van der Waals surface area (Å²) in [6.45, 7) is 4.04. The molecule has 6 rings (SSSR count). The maximum Gasteiger partial charge on any atom is 0.259 e. The van der Waals surface area contributed by atoms with Gasteiger partial charge in [0.15, 0.2) is 17.0 Å². The quantitative estimate of drug-likeness (QED) is 0.180. The van der Waals surface area contributed by atoms with E-state index in [4.69, 9.17) is 14.2 Å². The van der Waals surface area contributed by atoms with Crippen LogP contribution in [0.4, 0.5) is 0 Å². The average Bonchev–Trinajstić information content (AvgIpc) is 3.07. The molecule has 1 heterocycles. The summed E-state index contributed by atoms with van der Waals surface area (Å²) in [6.07, 6.45) is 3.72. The number of amides is 1. The summed E-state index contributed by atoms with van der Waals surface area (Å²) in [7, 11) is 1.58. The first kappa shape index (κ1) is 29.3. The topological polar surface area (TPSA) is 71.8 Å². The number of ether oxygens (including phenoxy) is 3. The summed E-state index contributed by atoms with van der Waals surface area (Å²) in [5.41, 5.74) is 3.55. The average molecular weight is 593 g/mol. The fraction of sp³-hybridized carbons (Fsp3) is 0.128. The number of hydrogen-bond donors (Lipinski definition) is 0. The molecule has 0 spiro atoms. The van der Waals surface area contributed by atoms with Gasteiger partial charge in [-0.25, -0.2) is 0 Å². The summed E-state index contributed by atoms with van der Waals surface area (Å²) in [5, 5.41) is 11.1. The van der Waals surface area contributed by atoms with Gasteiger partial charge < -0.3 is 14.2 Å². The molecule has 222 valence electrons. The number of carbonyl (C=O) groups is 1. The Balaban J connectivity index is 1.43. The van der Waals surface area contributed by atoms with E-state index in [1.54, 1.807) is 25.4 Å². The van der Waals surface area contributed by atoms with Gasteiger partial charge in [-0.1, -0.05) is 71.8 Å². The number of nitriles is 1. The van der Waals surface area contributed by atoms with Gasteiger partial charge in [-0.2, -0.15) is 5.26 Å². The van der Waals surface area contributed by atoms with E-state index >= 15 is 0 Å². The van der Waals surface area contributed by atoms with Crippen molar-refractivity contribution in [3.05, 3.63) is 155 Å². The van der Waals surface area contributed by atoms with Crippen LogP contribution in [0, 0.1) is 25.2 Å². The normalized spacial score (nSPS) is 15.1. The van der Waals surface area contributed by atoms with Crippen LogP contribution < -0.4 is 14.2 Å².